The van der Waals surface area contributed by atoms with Crippen molar-refractivity contribution in [1.82, 2.24) is 15.1 Å². The van der Waals surface area contributed by atoms with Crippen LogP contribution in [-0.2, 0) is 13.5 Å². The van der Waals surface area contributed by atoms with E-state index in [1.807, 2.05) is 18.8 Å². The Morgan fingerprint density at radius 3 is 2.83 bits per heavy atom. The average Bonchev–Trinajstić information content (AvgIpc) is 2.79. The molecule has 1 unspecified atom stereocenters. The standard InChI is InChI=1S/C15H21N3/c1-5-15-14(10-18(4)17-15)13-8-6-7-12(9-13)11(2)16-3/h6-11,16H,5H2,1-4H3. The minimum atomic E-state index is 0.367. The van der Waals surface area contributed by atoms with Gasteiger partial charge >= 0.3 is 0 Å². The fourth-order valence-electron chi connectivity index (χ4n) is 2.18. The van der Waals surface area contributed by atoms with E-state index in [4.69, 9.17) is 0 Å². The van der Waals surface area contributed by atoms with E-state index in [9.17, 15) is 0 Å². The van der Waals surface area contributed by atoms with Crippen LogP contribution in [-0.4, -0.2) is 16.8 Å². The minimum Gasteiger partial charge on any atom is -0.313 e. The number of benzene rings is 1. The quantitative estimate of drug-likeness (QED) is 0.894. The van der Waals surface area contributed by atoms with E-state index in [-0.39, 0.29) is 0 Å². The van der Waals surface area contributed by atoms with E-state index in [0.717, 1.165) is 12.1 Å². The summed E-state index contributed by atoms with van der Waals surface area (Å²) in [6.07, 6.45) is 3.06. The highest BCUT2D eigenvalue weighted by Gasteiger charge is 2.10. The first-order chi connectivity index (χ1) is 8.65. The number of nitrogens with one attached hydrogen (secondary N) is 1. The van der Waals surface area contributed by atoms with Gasteiger partial charge in [0.25, 0.3) is 0 Å². The minimum absolute atomic E-state index is 0.367. The van der Waals surface area contributed by atoms with Gasteiger partial charge in [-0.2, -0.15) is 5.10 Å². The first-order valence-electron chi connectivity index (χ1n) is 6.45. The molecule has 3 heteroatoms. The van der Waals surface area contributed by atoms with Crippen molar-refractivity contribution in [3.8, 4) is 11.1 Å². The van der Waals surface area contributed by atoms with Crippen LogP contribution in [0.5, 0.6) is 0 Å². The van der Waals surface area contributed by atoms with Crippen LogP contribution in [0.25, 0.3) is 11.1 Å². The second-order valence-electron chi connectivity index (χ2n) is 4.65. The fourth-order valence-corrected chi connectivity index (χ4v) is 2.18. The Morgan fingerprint density at radius 2 is 2.17 bits per heavy atom. The molecule has 0 bridgehead atoms. The molecule has 0 aliphatic carbocycles. The van der Waals surface area contributed by atoms with Crippen LogP contribution >= 0.6 is 0 Å². The number of aromatic nitrogens is 2. The van der Waals surface area contributed by atoms with Gasteiger partial charge < -0.3 is 5.32 Å². The predicted octanol–water partition coefficient (Wildman–Crippen LogP) is 2.93. The molecule has 18 heavy (non-hydrogen) atoms. The van der Waals surface area contributed by atoms with Gasteiger partial charge in [0, 0.05) is 24.8 Å². The van der Waals surface area contributed by atoms with Crippen LogP contribution in [0.3, 0.4) is 0 Å². The molecule has 0 spiro atoms. The Labute approximate surface area is 109 Å². The zero-order valence-corrected chi connectivity index (χ0v) is 11.6. The van der Waals surface area contributed by atoms with Crippen molar-refractivity contribution >= 4 is 0 Å². The van der Waals surface area contributed by atoms with Crippen LogP contribution in [0.2, 0.25) is 0 Å². The van der Waals surface area contributed by atoms with Crippen molar-refractivity contribution in [2.75, 3.05) is 7.05 Å². The maximum Gasteiger partial charge on any atom is 0.0700 e. The number of aryl methyl sites for hydroxylation is 2. The number of rotatable bonds is 4. The van der Waals surface area contributed by atoms with Crippen LogP contribution in [0.15, 0.2) is 30.5 Å². The molecule has 0 saturated heterocycles. The van der Waals surface area contributed by atoms with Crippen LogP contribution in [0, 0.1) is 0 Å². The second-order valence-corrected chi connectivity index (χ2v) is 4.65. The van der Waals surface area contributed by atoms with Crippen LogP contribution < -0.4 is 5.32 Å². The lowest BCUT2D eigenvalue weighted by Crippen LogP contribution is -2.12. The SMILES string of the molecule is CCc1nn(C)cc1-c1cccc(C(C)NC)c1. The van der Waals surface area contributed by atoms with Gasteiger partial charge in [-0.1, -0.05) is 25.1 Å². The summed E-state index contributed by atoms with van der Waals surface area (Å²) >= 11 is 0. The van der Waals surface area contributed by atoms with Crippen LogP contribution in [0.4, 0.5) is 0 Å². The zero-order chi connectivity index (χ0) is 13.1. The van der Waals surface area contributed by atoms with E-state index >= 15 is 0 Å². The molecule has 1 heterocycles. The molecule has 1 aromatic carbocycles. The molecule has 0 amide bonds. The molecule has 1 aromatic heterocycles. The summed E-state index contributed by atoms with van der Waals surface area (Å²) in [5.74, 6) is 0. The smallest absolute Gasteiger partial charge is 0.0700 e. The van der Waals surface area contributed by atoms with E-state index in [2.05, 4.69) is 54.7 Å². The summed E-state index contributed by atoms with van der Waals surface area (Å²) in [4.78, 5) is 0. The molecule has 2 aromatic rings. The molecule has 0 aliphatic heterocycles. The second kappa shape index (κ2) is 5.36. The summed E-state index contributed by atoms with van der Waals surface area (Å²) in [6, 6.07) is 9.04. The molecule has 2 rings (SSSR count). The molecule has 1 N–H and O–H groups in total. The third kappa shape index (κ3) is 2.46. The molecule has 1 atom stereocenters. The largest absolute Gasteiger partial charge is 0.313 e. The highest BCUT2D eigenvalue weighted by Crippen LogP contribution is 2.26. The number of hydrogen-bond acceptors (Lipinski definition) is 2. The van der Waals surface area contributed by atoms with Crippen molar-refractivity contribution < 1.29 is 0 Å². The first kappa shape index (κ1) is 12.8. The van der Waals surface area contributed by atoms with Crippen molar-refractivity contribution in [2.24, 2.45) is 7.05 Å². The van der Waals surface area contributed by atoms with E-state index in [1.54, 1.807) is 0 Å². The molecule has 3 nitrogen and oxygen atoms in total. The third-order valence-electron chi connectivity index (χ3n) is 3.37. The Balaban J connectivity index is 2.44. The topological polar surface area (TPSA) is 29.9 Å². The van der Waals surface area contributed by atoms with E-state index in [0.29, 0.717) is 6.04 Å². The summed E-state index contributed by atoms with van der Waals surface area (Å²) in [7, 11) is 3.96. The van der Waals surface area contributed by atoms with Crippen LogP contribution in [0.1, 0.15) is 31.1 Å². The number of hydrogen-bond donors (Lipinski definition) is 1. The first-order valence-corrected chi connectivity index (χ1v) is 6.45. The molecule has 96 valence electrons. The highest BCUT2D eigenvalue weighted by atomic mass is 15.2. The third-order valence-corrected chi connectivity index (χ3v) is 3.37. The van der Waals surface area contributed by atoms with Gasteiger partial charge in [0.1, 0.15) is 0 Å². The maximum atomic E-state index is 4.50. The monoisotopic (exact) mass is 243 g/mol. The van der Waals surface area contributed by atoms with Crippen molar-refractivity contribution in [3.05, 3.63) is 41.7 Å². The van der Waals surface area contributed by atoms with Gasteiger partial charge in [-0.3, -0.25) is 4.68 Å². The summed E-state index contributed by atoms with van der Waals surface area (Å²) in [6.45, 7) is 4.31. The van der Waals surface area contributed by atoms with Gasteiger partial charge in [-0.15, -0.1) is 0 Å². The Bertz CT molecular complexity index is 528. The summed E-state index contributed by atoms with van der Waals surface area (Å²) in [5.41, 5.74) is 4.96. The lowest BCUT2D eigenvalue weighted by molar-refractivity contribution is 0.652. The van der Waals surface area contributed by atoms with Crippen molar-refractivity contribution in [2.45, 2.75) is 26.3 Å². The van der Waals surface area contributed by atoms with Gasteiger partial charge in [0.15, 0.2) is 0 Å². The molecular weight excluding hydrogens is 222 g/mol. The Kier molecular flexibility index (Phi) is 3.82. The lowest BCUT2D eigenvalue weighted by Gasteiger charge is -2.12. The number of nitrogens with zero attached hydrogens (tertiary/aromatic N) is 2. The van der Waals surface area contributed by atoms with E-state index < -0.39 is 0 Å². The van der Waals surface area contributed by atoms with E-state index in [1.165, 1.54) is 16.7 Å². The predicted molar refractivity (Wildman–Crippen MR) is 75.5 cm³/mol. The summed E-state index contributed by atoms with van der Waals surface area (Å²) in [5, 5.41) is 7.77. The van der Waals surface area contributed by atoms with Gasteiger partial charge in [0.2, 0.25) is 0 Å². The van der Waals surface area contributed by atoms with Gasteiger partial charge in [-0.05, 0) is 37.6 Å². The zero-order valence-electron chi connectivity index (χ0n) is 11.6. The van der Waals surface area contributed by atoms with Gasteiger partial charge in [0.05, 0.1) is 5.69 Å². The van der Waals surface area contributed by atoms with Crippen molar-refractivity contribution in [1.29, 1.82) is 0 Å². The molecule has 0 aliphatic rings. The van der Waals surface area contributed by atoms with Crippen molar-refractivity contribution in [3.63, 3.8) is 0 Å². The summed E-state index contributed by atoms with van der Waals surface area (Å²) < 4.78 is 1.89. The molecule has 0 fully saturated rings. The highest BCUT2D eigenvalue weighted by molar-refractivity contribution is 5.66. The lowest BCUT2D eigenvalue weighted by atomic mass is 10.00. The Hall–Kier alpha value is -1.61. The molecule has 0 saturated carbocycles. The Morgan fingerprint density at radius 1 is 1.39 bits per heavy atom. The maximum absolute atomic E-state index is 4.50. The van der Waals surface area contributed by atoms with Gasteiger partial charge in [-0.25, -0.2) is 0 Å². The fraction of sp³-hybridized carbons (Fsp3) is 0.400. The average molecular weight is 243 g/mol. The molecule has 0 radical (unpaired) electrons. The molecular formula is C15H21N3. The normalized spacial score (nSPS) is 12.7.